The van der Waals surface area contributed by atoms with Crippen molar-refractivity contribution < 1.29 is 9.21 Å². The van der Waals surface area contributed by atoms with Crippen LogP contribution in [0.2, 0.25) is 0 Å². The molecule has 0 aliphatic carbocycles. The highest BCUT2D eigenvalue weighted by Gasteiger charge is 2.26. The largest absolute Gasteiger partial charge is 0.423 e. The van der Waals surface area contributed by atoms with E-state index in [-0.39, 0.29) is 5.91 Å². The maximum Gasteiger partial charge on any atom is 0.300 e. The number of anilines is 3. The summed E-state index contributed by atoms with van der Waals surface area (Å²) in [6, 6.07) is 17.6. The van der Waals surface area contributed by atoms with Crippen molar-refractivity contribution in [1.29, 1.82) is 0 Å². The zero-order chi connectivity index (χ0) is 18.2. The van der Waals surface area contributed by atoms with E-state index in [1.807, 2.05) is 42.5 Å². The molecule has 0 radical (unpaired) electrons. The zero-order valence-corrected chi connectivity index (χ0v) is 14.4. The Kier molecular flexibility index (Phi) is 3.60. The maximum absolute atomic E-state index is 12.7. The van der Waals surface area contributed by atoms with Crippen LogP contribution in [0.15, 0.2) is 71.4 Å². The zero-order valence-electron chi connectivity index (χ0n) is 14.4. The minimum Gasteiger partial charge on any atom is -0.423 e. The number of nitrogens with zero attached hydrogens (tertiary/aromatic N) is 3. The molecule has 0 spiro atoms. The van der Waals surface area contributed by atoms with Gasteiger partial charge in [0, 0.05) is 30.3 Å². The normalized spacial score (nSPS) is 13.0. The molecule has 1 aliphatic heterocycles. The topological polar surface area (TPSA) is 71.3 Å². The molecule has 1 amide bonds. The van der Waals surface area contributed by atoms with E-state index in [1.54, 1.807) is 29.4 Å². The quantitative estimate of drug-likeness (QED) is 0.596. The Morgan fingerprint density at radius 3 is 2.89 bits per heavy atom. The molecule has 0 unspecified atom stereocenters. The standard InChI is InChI=1S/C21H16N4O2/c26-20(15-4-3-10-22-13-15)25-11-9-14-12-16(7-8-18(14)25)23-21-24-17-5-1-2-6-19(17)27-21/h1-8,10,12-13H,9,11H2,(H,23,24). The van der Waals surface area contributed by atoms with Gasteiger partial charge in [0.1, 0.15) is 5.52 Å². The van der Waals surface area contributed by atoms with Crippen LogP contribution in [0.1, 0.15) is 15.9 Å². The molecule has 0 saturated carbocycles. The molecule has 0 atom stereocenters. The van der Waals surface area contributed by atoms with E-state index in [0.29, 0.717) is 18.1 Å². The van der Waals surface area contributed by atoms with Crippen LogP contribution < -0.4 is 10.2 Å². The molecule has 2 aromatic heterocycles. The van der Waals surface area contributed by atoms with E-state index >= 15 is 0 Å². The molecule has 6 nitrogen and oxygen atoms in total. The van der Waals surface area contributed by atoms with Crippen molar-refractivity contribution >= 4 is 34.4 Å². The first kappa shape index (κ1) is 15.6. The molecule has 0 saturated heterocycles. The van der Waals surface area contributed by atoms with Gasteiger partial charge in [-0.2, -0.15) is 4.98 Å². The monoisotopic (exact) mass is 356 g/mol. The third-order valence-electron chi connectivity index (χ3n) is 4.67. The second kappa shape index (κ2) is 6.25. The summed E-state index contributed by atoms with van der Waals surface area (Å²) in [5.74, 6) is -0.0264. The van der Waals surface area contributed by atoms with Gasteiger partial charge in [0.2, 0.25) is 0 Å². The van der Waals surface area contributed by atoms with Crippen molar-refractivity contribution in [3.05, 3.63) is 78.1 Å². The number of aromatic nitrogens is 2. The fourth-order valence-electron chi connectivity index (χ4n) is 3.38. The summed E-state index contributed by atoms with van der Waals surface area (Å²) in [7, 11) is 0. The molecule has 2 aromatic carbocycles. The Hall–Kier alpha value is -3.67. The van der Waals surface area contributed by atoms with E-state index in [1.165, 1.54) is 0 Å². The minimum absolute atomic E-state index is 0.0264. The van der Waals surface area contributed by atoms with E-state index in [2.05, 4.69) is 15.3 Å². The number of fused-ring (bicyclic) bond motifs is 2. The van der Waals surface area contributed by atoms with Gasteiger partial charge in [0.15, 0.2) is 5.58 Å². The smallest absolute Gasteiger partial charge is 0.300 e. The number of para-hydroxylation sites is 2. The van der Waals surface area contributed by atoms with Crippen LogP contribution in [0.5, 0.6) is 0 Å². The van der Waals surface area contributed by atoms with Gasteiger partial charge in [-0.15, -0.1) is 0 Å². The number of rotatable bonds is 3. The second-order valence-corrected chi connectivity index (χ2v) is 6.40. The van der Waals surface area contributed by atoms with Gasteiger partial charge in [0.25, 0.3) is 11.9 Å². The maximum atomic E-state index is 12.7. The van der Waals surface area contributed by atoms with E-state index < -0.39 is 0 Å². The van der Waals surface area contributed by atoms with Gasteiger partial charge in [-0.25, -0.2) is 0 Å². The molecule has 1 N–H and O–H groups in total. The van der Waals surface area contributed by atoms with Gasteiger partial charge in [-0.05, 0) is 54.4 Å². The van der Waals surface area contributed by atoms with Crippen molar-refractivity contribution in [1.82, 2.24) is 9.97 Å². The molecule has 0 bridgehead atoms. The number of hydrogen-bond donors (Lipinski definition) is 1. The first-order valence-corrected chi connectivity index (χ1v) is 8.75. The SMILES string of the molecule is O=C(c1cccnc1)N1CCc2cc(Nc3nc4ccccc4o3)ccc21. The summed E-state index contributed by atoms with van der Waals surface area (Å²) in [6.07, 6.45) is 4.08. The molecule has 6 heteroatoms. The van der Waals surface area contributed by atoms with E-state index in [4.69, 9.17) is 4.42 Å². The number of carbonyl (C=O) groups is 1. The summed E-state index contributed by atoms with van der Waals surface area (Å²) in [5.41, 5.74) is 5.10. The lowest BCUT2D eigenvalue weighted by atomic mass is 10.1. The van der Waals surface area contributed by atoms with Crippen LogP contribution in [0.25, 0.3) is 11.1 Å². The first-order valence-electron chi connectivity index (χ1n) is 8.75. The molecule has 4 aromatic rings. The Bertz CT molecular complexity index is 1100. The third kappa shape index (κ3) is 2.81. The predicted molar refractivity (Wildman–Crippen MR) is 103 cm³/mol. The molecule has 3 heterocycles. The van der Waals surface area contributed by atoms with Gasteiger partial charge in [-0.3, -0.25) is 9.78 Å². The number of pyridine rings is 1. The lowest BCUT2D eigenvalue weighted by Gasteiger charge is -2.17. The highest BCUT2D eigenvalue weighted by molar-refractivity contribution is 6.07. The lowest BCUT2D eigenvalue weighted by Crippen LogP contribution is -2.28. The van der Waals surface area contributed by atoms with Crippen molar-refractivity contribution in [2.75, 3.05) is 16.8 Å². The van der Waals surface area contributed by atoms with Crippen LogP contribution in [0, 0.1) is 0 Å². The van der Waals surface area contributed by atoms with Crippen molar-refractivity contribution in [2.45, 2.75) is 6.42 Å². The lowest BCUT2D eigenvalue weighted by molar-refractivity contribution is 0.0989. The molecular formula is C21H16N4O2. The second-order valence-electron chi connectivity index (χ2n) is 6.40. The summed E-state index contributed by atoms with van der Waals surface area (Å²) < 4.78 is 5.71. The van der Waals surface area contributed by atoms with Crippen LogP contribution in [-0.2, 0) is 6.42 Å². The average Bonchev–Trinajstić information content (AvgIpc) is 3.31. The van der Waals surface area contributed by atoms with E-state index in [9.17, 15) is 4.79 Å². The number of oxazole rings is 1. The number of amides is 1. The Labute approximate surface area is 155 Å². The highest BCUT2D eigenvalue weighted by atomic mass is 16.4. The van der Waals surface area contributed by atoms with Gasteiger partial charge in [0.05, 0.1) is 5.56 Å². The highest BCUT2D eigenvalue weighted by Crippen LogP contribution is 2.32. The molecule has 0 fully saturated rings. The molecular weight excluding hydrogens is 340 g/mol. The van der Waals surface area contributed by atoms with Gasteiger partial charge >= 0.3 is 0 Å². The predicted octanol–water partition coefficient (Wildman–Crippen LogP) is 4.17. The van der Waals surface area contributed by atoms with Crippen LogP contribution in [0.4, 0.5) is 17.4 Å². The Balaban J connectivity index is 1.40. The van der Waals surface area contributed by atoms with Crippen molar-refractivity contribution in [3.63, 3.8) is 0 Å². The molecule has 27 heavy (non-hydrogen) atoms. The van der Waals surface area contributed by atoms with Crippen LogP contribution >= 0.6 is 0 Å². The van der Waals surface area contributed by atoms with Crippen molar-refractivity contribution in [3.8, 4) is 0 Å². The number of benzene rings is 2. The number of carbonyl (C=O) groups excluding carboxylic acids is 1. The summed E-state index contributed by atoms with van der Waals surface area (Å²) in [6.45, 7) is 0.662. The first-order chi connectivity index (χ1) is 13.3. The summed E-state index contributed by atoms with van der Waals surface area (Å²) >= 11 is 0. The molecule has 5 rings (SSSR count). The fourth-order valence-corrected chi connectivity index (χ4v) is 3.38. The third-order valence-corrected chi connectivity index (χ3v) is 4.67. The van der Waals surface area contributed by atoms with Gasteiger partial charge in [-0.1, -0.05) is 12.1 Å². The minimum atomic E-state index is -0.0264. The number of nitrogens with one attached hydrogen (secondary N) is 1. The fraction of sp³-hybridized carbons (Fsp3) is 0.0952. The van der Waals surface area contributed by atoms with Crippen LogP contribution in [-0.4, -0.2) is 22.4 Å². The van der Waals surface area contributed by atoms with Gasteiger partial charge < -0.3 is 14.6 Å². The Morgan fingerprint density at radius 2 is 2.04 bits per heavy atom. The number of hydrogen-bond acceptors (Lipinski definition) is 5. The summed E-state index contributed by atoms with van der Waals surface area (Å²) in [5, 5.41) is 3.21. The summed E-state index contributed by atoms with van der Waals surface area (Å²) in [4.78, 5) is 23.0. The Morgan fingerprint density at radius 1 is 1.11 bits per heavy atom. The van der Waals surface area contributed by atoms with Crippen molar-refractivity contribution in [2.24, 2.45) is 0 Å². The molecule has 132 valence electrons. The molecule has 1 aliphatic rings. The van der Waals surface area contributed by atoms with Crippen LogP contribution in [0.3, 0.4) is 0 Å². The average molecular weight is 356 g/mol. The van der Waals surface area contributed by atoms with E-state index in [0.717, 1.165) is 34.5 Å².